The van der Waals surface area contributed by atoms with Crippen molar-refractivity contribution in [3.63, 3.8) is 0 Å². The minimum absolute atomic E-state index is 0.0249. The van der Waals surface area contributed by atoms with E-state index in [0.717, 1.165) is 36.7 Å². The summed E-state index contributed by atoms with van der Waals surface area (Å²) in [6.45, 7) is 0. The van der Waals surface area contributed by atoms with Crippen LogP contribution in [0.1, 0.15) is 25.7 Å². The van der Waals surface area contributed by atoms with Crippen molar-refractivity contribution >= 4 is 27.5 Å². The minimum atomic E-state index is -0.751. The summed E-state index contributed by atoms with van der Waals surface area (Å²) in [5.41, 5.74) is 0.0249. The molecule has 0 heterocycles. The van der Waals surface area contributed by atoms with Gasteiger partial charge in [0, 0.05) is 17.8 Å². The minimum Gasteiger partial charge on any atom is -0.324 e. The molecule has 0 saturated heterocycles. The zero-order chi connectivity index (χ0) is 12.7. The molecule has 1 aromatic rings. The maximum absolute atomic E-state index is 13.2. The number of anilines is 1. The number of unbranched alkanes of at least 4 members (excludes halogenated alkanes) is 2. The topological polar surface area (TPSA) is 29.1 Å². The average Bonchev–Trinajstić information content (AvgIpc) is 2.28. The number of halogens is 3. The van der Waals surface area contributed by atoms with E-state index < -0.39 is 11.6 Å². The van der Waals surface area contributed by atoms with Crippen molar-refractivity contribution in [1.29, 1.82) is 0 Å². The lowest BCUT2D eigenvalue weighted by Crippen LogP contribution is -2.12. The molecule has 0 spiro atoms. The van der Waals surface area contributed by atoms with Gasteiger partial charge >= 0.3 is 0 Å². The first-order chi connectivity index (χ1) is 8.13. The molecule has 0 unspecified atom stereocenters. The molecule has 2 nitrogen and oxygen atoms in total. The van der Waals surface area contributed by atoms with Gasteiger partial charge in [0.1, 0.15) is 11.6 Å². The molecule has 0 radical (unpaired) electrons. The summed E-state index contributed by atoms with van der Waals surface area (Å²) in [6, 6.07) is 3.09. The van der Waals surface area contributed by atoms with Crippen molar-refractivity contribution in [2.75, 3.05) is 10.6 Å². The molecule has 17 heavy (non-hydrogen) atoms. The summed E-state index contributed by atoms with van der Waals surface area (Å²) < 4.78 is 25.8. The van der Waals surface area contributed by atoms with Gasteiger partial charge in [-0.05, 0) is 25.0 Å². The number of benzene rings is 1. The molecule has 0 aromatic heterocycles. The average molecular weight is 306 g/mol. The summed E-state index contributed by atoms with van der Waals surface area (Å²) in [6.07, 6.45) is 3.08. The fraction of sp³-hybridized carbons (Fsp3) is 0.417. The summed E-state index contributed by atoms with van der Waals surface area (Å²) in [7, 11) is 0. The second-order valence-corrected chi connectivity index (χ2v) is 4.46. The van der Waals surface area contributed by atoms with E-state index in [1.165, 1.54) is 6.07 Å². The predicted molar refractivity (Wildman–Crippen MR) is 67.2 cm³/mol. The van der Waals surface area contributed by atoms with Crippen LogP contribution in [0.4, 0.5) is 14.5 Å². The van der Waals surface area contributed by atoms with Crippen molar-refractivity contribution in [1.82, 2.24) is 0 Å². The Morgan fingerprint density at radius 2 is 2.00 bits per heavy atom. The van der Waals surface area contributed by atoms with E-state index in [2.05, 4.69) is 21.2 Å². The fourth-order valence-corrected chi connectivity index (χ4v) is 1.76. The molecule has 0 atom stereocenters. The van der Waals surface area contributed by atoms with Crippen LogP contribution in [0.3, 0.4) is 0 Å². The van der Waals surface area contributed by atoms with Gasteiger partial charge in [-0.1, -0.05) is 22.4 Å². The van der Waals surface area contributed by atoms with Crippen LogP contribution in [0, 0.1) is 11.6 Å². The van der Waals surface area contributed by atoms with Crippen molar-refractivity contribution in [3.05, 3.63) is 29.8 Å². The highest BCUT2D eigenvalue weighted by atomic mass is 79.9. The molecule has 0 fully saturated rings. The monoisotopic (exact) mass is 305 g/mol. The van der Waals surface area contributed by atoms with E-state index in [-0.39, 0.29) is 11.6 Å². The van der Waals surface area contributed by atoms with Crippen LogP contribution in [-0.4, -0.2) is 11.2 Å². The molecule has 94 valence electrons. The SMILES string of the molecule is O=C(CCCCCBr)Nc1ccc(F)cc1F. The Bertz CT molecular complexity index is 385. The molecule has 1 aromatic carbocycles. The Morgan fingerprint density at radius 1 is 1.24 bits per heavy atom. The Kier molecular flexibility index (Phi) is 6.11. The van der Waals surface area contributed by atoms with Crippen LogP contribution < -0.4 is 5.32 Å². The van der Waals surface area contributed by atoms with Crippen LogP contribution >= 0.6 is 15.9 Å². The van der Waals surface area contributed by atoms with E-state index in [1.807, 2.05) is 0 Å². The van der Waals surface area contributed by atoms with Gasteiger partial charge in [-0.3, -0.25) is 4.79 Å². The van der Waals surface area contributed by atoms with Crippen molar-refractivity contribution < 1.29 is 13.6 Å². The molecule has 0 bridgehead atoms. The number of hydrogen-bond donors (Lipinski definition) is 1. The number of alkyl halides is 1. The maximum atomic E-state index is 13.2. The molecular formula is C12H14BrF2NO. The highest BCUT2D eigenvalue weighted by Crippen LogP contribution is 2.15. The Balaban J connectivity index is 2.40. The second kappa shape index (κ2) is 7.37. The summed E-state index contributed by atoms with van der Waals surface area (Å²) in [5.74, 6) is -1.65. The molecule has 0 aliphatic heterocycles. The van der Waals surface area contributed by atoms with Crippen molar-refractivity contribution in [2.24, 2.45) is 0 Å². The van der Waals surface area contributed by atoms with Crippen LogP contribution in [0.5, 0.6) is 0 Å². The van der Waals surface area contributed by atoms with Gasteiger partial charge in [0.05, 0.1) is 5.69 Å². The van der Waals surface area contributed by atoms with E-state index in [1.54, 1.807) is 0 Å². The highest BCUT2D eigenvalue weighted by molar-refractivity contribution is 9.09. The van der Waals surface area contributed by atoms with Crippen molar-refractivity contribution in [3.8, 4) is 0 Å². The zero-order valence-corrected chi connectivity index (χ0v) is 10.9. The van der Waals surface area contributed by atoms with E-state index in [0.29, 0.717) is 6.42 Å². The van der Waals surface area contributed by atoms with Gasteiger partial charge < -0.3 is 5.32 Å². The number of rotatable bonds is 6. The first kappa shape index (κ1) is 14.1. The predicted octanol–water partition coefficient (Wildman–Crippen LogP) is 3.86. The van der Waals surface area contributed by atoms with Gasteiger partial charge in [-0.25, -0.2) is 8.78 Å². The first-order valence-corrected chi connectivity index (χ1v) is 6.56. The summed E-state index contributed by atoms with van der Waals surface area (Å²) >= 11 is 3.30. The molecular weight excluding hydrogens is 292 g/mol. The Labute approximate surface area is 108 Å². The normalized spacial score (nSPS) is 10.3. The number of carbonyl (C=O) groups is 1. The van der Waals surface area contributed by atoms with Crippen molar-refractivity contribution in [2.45, 2.75) is 25.7 Å². The molecule has 0 aliphatic carbocycles. The number of nitrogens with one attached hydrogen (secondary N) is 1. The van der Waals surface area contributed by atoms with Crippen LogP contribution in [-0.2, 0) is 4.79 Å². The van der Waals surface area contributed by atoms with E-state index in [4.69, 9.17) is 0 Å². The molecule has 1 rings (SSSR count). The second-order valence-electron chi connectivity index (χ2n) is 3.67. The van der Waals surface area contributed by atoms with Gasteiger partial charge in [-0.2, -0.15) is 0 Å². The lowest BCUT2D eigenvalue weighted by Gasteiger charge is -2.06. The van der Waals surface area contributed by atoms with Gasteiger partial charge in [-0.15, -0.1) is 0 Å². The third kappa shape index (κ3) is 5.26. The maximum Gasteiger partial charge on any atom is 0.224 e. The largest absolute Gasteiger partial charge is 0.324 e. The molecule has 5 heteroatoms. The molecule has 0 aliphatic rings. The van der Waals surface area contributed by atoms with Crippen LogP contribution in [0.15, 0.2) is 18.2 Å². The Hall–Kier alpha value is -0.970. The highest BCUT2D eigenvalue weighted by Gasteiger charge is 2.07. The number of carbonyl (C=O) groups excluding carboxylic acids is 1. The standard InChI is InChI=1S/C12H14BrF2NO/c13-7-3-1-2-4-12(17)16-11-6-5-9(14)8-10(11)15/h5-6,8H,1-4,7H2,(H,16,17). The van der Waals surface area contributed by atoms with Gasteiger partial charge in [0.15, 0.2) is 0 Å². The smallest absolute Gasteiger partial charge is 0.224 e. The first-order valence-electron chi connectivity index (χ1n) is 5.44. The Morgan fingerprint density at radius 3 is 2.65 bits per heavy atom. The third-order valence-corrected chi connectivity index (χ3v) is 2.80. The molecule has 1 amide bonds. The lowest BCUT2D eigenvalue weighted by molar-refractivity contribution is -0.116. The van der Waals surface area contributed by atoms with E-state index in [9.17, 15) is 13.6 Å². The summed E-state index contributed by atoms with van der Waals surface area (Å²) in [4.78, 5) is 11.4. The zero-order valence-electron chi connectivity index (χ0n) is 9.31. The van der Waals surface area contributed by atoms with Crippen LogP contribution in [0.25, 0.3) is 0 Å². The fourth-order valence-electron chi connectivity index (χ4n) is 1.36. The van der Waals surface area contributed by atoms with Gasteiger partial charge in [0.2, 0.25) is 5.91 Å². The quantitative estimate of drug-likeness (QED) is 0.627. The number of hydrogen-bond acceptors (Lipinski definition) is 1. The van der Waals surface area contributed by atoms with Crippen LogP contribution in [0.2, 0.25) is 0 Å². The lowest BCUT2D eigenvalue weighted by atomic mass is 10.2. The number of amides is 1. The van der Waals surface area contributed by atoms with Gasteiger partial charge in [0.25, 0.3) is 0 Å². The molecule has 0 saturated carbocycles. The third-order valence-electron chi connectivity index (χ3n) is 2.24. The van der Waals surface area contributed by atoms with E-state index >= 15 is 0 Å². The summed E-state index contributed by atoms with van der Waals surface area (Å²) in [5, 5.41) is 3.34. The molecule has 1 N–H and O–H groups in total.